The average molecular weight is 335 g/mol. The van der Waals surface area contributed by atoms with E-state index in [2.05, 4.69) is 5.43 Å². The van der Waals surface area contributed by atoms with Crippen LogP contribution in [0.4, 0.5) is 0 Å². The van der Waals surface area contributed by atoms with Crippen molar-refractivity contribution < 1.29 is 13.2 Å². The molecular weight excluding hydrogens is 308 g/mol. The zero-order valence-corrected chi connectivity index (χ0v) is 14.1. The van der Waals surface area contributed by atoms with E-state index in [0.717, 1.165) is 44.5 Å². The Morgan fingerprint density at radius 3 is 2.90 bits per heavy atom. The molecule has 0 aromatic heterocycles. The number of hydrazine groups is 1. The first-order valence-electron chi connectivity index (χ1n) is 7.90. The van der Waals surface area contributed by atoms with E-state index in [0.29, 0.717) is 17.4 Å². The lowest BCUT2D eigenvalue weighted by Gasteiger charge is -2.41. The van der Waals surface area contributed by atoms with Crippen LogP contribution in [-0.2, 0) is 14.6 Å². The second-order valence-corrected chi connectivity index (χ2v) is 10.2. The maximum Gasteiger partial charge on any atom is 0.150 e. The summed E-state index contributed by atoms with van der Waals surface area (Å²) in [7, 11) is -2.80. The van der Waals surface area contributed by atoms with Gasteiger partial charge in [-0.3, -0.25) is 11.3 Å². The SMILES string of the molecule is NNC(CC1CCS(=O)(=O)C1)C1CCOC2(CCSC2)C1. The van der Waals surface area contributed by atoms with Crippen LogP contribution in [0.3, 0.4) is 0 Å². The van der Waals surface area contributed by atoms with E-state index < -0.39 is 9.84 Å². The average Bonchev–Trinajstić information content (AvgIpc) is 3.03. The molecule has 4 unspecified atom stereocenters. The molecule has 0 aromatic rings. The third kappa shape index (κ3) is 3.75. The van der Waals surface area contributed by atoms with Gasteiger partial charge in [0.15, 0.2) is 9.84 Å². The highest BCUT2D eigenvalue weighted by Crippen LogP contribution is 2.42. The summed E-state index contributed by atoms with van der Waals surface area (Å²) >= 11 is 1.98. The molecule has 3 heterocycles. The van der Waals surface area contributed by atoms with E-state index in [-0.39, 0.29) is 17.6 Å². The van der Waals surface area contributed by atoms with Crippen LogP contribution in [0.2, 0.25) is 0 Å². The van der Waals surface area contributed by atoms with E-state index in [9.17, 15) is 8.42 Å². The highest BCUT2D eigenvalue weighted by atomic mass is 32.2. The topological polar surface area (TPSA) is 81.4 Å². The van der Waals surface area contributed by atoms with Crippen LogP contribution in [-0.4, -0.2) is 49.7 Å². The van der Waals surface area contributed by atoms with Crippen molar-refractivity contribution in [3.05, 3.63) is 0 Å². The minimum absolute atomic E-state index is 0.0600. The summed E-state index contributed by atoms with van der Waals surface area (Å²) in [6, 6.07) is 0.217. The fraction of sp³-hybridized carbons (Fsp3) is 1.00. The van der Waals surface area contributed by atoms with Crippen LogP contribution in [0.5, 0.6) is 0 Å². The van der Waals surface area contributed by atoms with Gasteiger partial charge in [-0.05, 0) is 49.7 Å². The summed E-state index contributed by atoms with van der Waals surface area (Å²) in [5.74, 6) is 9.55. The summed E-state index contributed by atoms with van der Waals surface area (Å²) in [5.41, 5.74) is 3.04. The number of ether oxygens (including phenoxy) is 1. The largest absolute Gasteiger partial charge is 0.374 e. The molecule has 4 atom stereocenters. The molecular formula is C14H26N2O3S2. The maximum atomic E-state index is 11.6. The Labute approximate surface area is 131 Å². The molecule has 0 aliphatic carbocycles. The molecule has 0 amide bonds. The van der Waals surface area contributed by atoms with E-state index >= 15 is 0 Å². The summed E-state index contributed by atoms with van der Waals surface area (Å²) < 4.78 is 29.3. The van der Waals surface area contributed by atoms with Gasteiger partial charge in [0.25, 0.3) is 0 Å². The van der Waals surface area contributed by atoms with Crippen LogP contribution in [0, 0.1) is 11.8 Å². The van der Waals surface area contributed by atoms with Crippen molar-refractivity contribution in [1.29, 1.82) is 0 Å². The van der Waals surface area contributed by atoms with Crippen molar-refractivity contribution in [3.63, 3.8) is 0 Å². The second kappa shape index (κ2) is 6.35. The van der Waals surface area contributed by atoms with Gasteiger partial charge >= 0.3 is 0 Å². The van der Waals surface area contributed by atoms with Gasteiger partial charge in [-0.2, -0.15) is 11.8 Å². The standard InChI is InChI=1S/C14H26N2O3S2/c15-16-13(7-11-2-6-21(17,18)9-11)12-1-4-19-14(8-12)3-5-20-10-14/h11-13,16H,1-10,15H2. The van der Waals surface area contributed by atoms with Gasteiger partial charge in [-0.15, -0.1) is 0 Å². The van der Waals surface area contributed by atoms with E-state index in [1.165, 1.54) is 5.75 Å². The molecule has 7 heteroatoms. The van der Waals surface area contributed by atoms with Crippen LogP contribution < -0.4 is 11.3 Å². The third-order valence-electron chi connectivity index (χ3n) is 5.30. The van der Waals surface area contributed by atoms with Crippen molar-refractivity contribution in [3.8, 4) is 0 Å². The fourth-order valence-corrected chi connectivity index (χ4v) is 7.34. The predicted octanol–water partition coefficient (Wildman–Crippen LogP) is 0.945. The molecule has 1 spiro atoms. The molecule has 3 aliphatic rings. The Hall–Kier alpha value is 0.180. The highest BCUT2D eigenvalue weighted by molar-refractivity contribution is 7.99. The first-order valence-corrected chi connectivity index (χ1v) is 10.9. The molecule has 3 rings (SSSR count). The third-order valence-corrected chi connectivity index (χ3v) is 8.36. The van der Waals surface area contributed by atoms with Crippen molar-refractivity contribution in [2.45, 2.75) is 43.7 Å². The molecule has 0 saturated carbocycles. The summed E-state index contributed by atoms with van der Waals surface area (Å²) in [5, 5.41) is 0. The van der Waals surface area contributed by atoms with Gasteiger partial charge in [0.1, 0.15) is 0 Å². The molecule has 5 nitrogen and oxygen atoms in total. The monoisotopic (exact) mass is 334 g/mol. The van der Waals surface area contributed by atoms with Crippen molar-refractivity contribution in [2.75, 3.05) is 29.6 Å². The zero-order chi connectivity index (χ0) is 14.9. The first kappa shape index (κ1) is 16.1. The summed E-state index contributed by atoms with van der Waals surface area (Å²) in [4.78, 5) is 0. The van der Waals surface area contributed by atoms with E-state index in [1.54, 1.807) is 0 Å². The molecule has 3 saturated heterocycles. The molecule has 122 valence electrons. The van der Waals surface area contributed by atoms with Gasteiger partial charge in [0.2, 0.25) is 0 Å². The van der Waals surface area contributed by atoms with Gasteiger partial charge in [0.05, 0.1) is 17.1 Å². The molecule has 21 heavy (non-hydrogen) atoms. The Bertz CT molecular complexity index is 463. The van der Waals surface area contributed by atoms with Crippen LogP contribution in [0.15, 0.2) is 0 Å². The predicted molar refractivity (Wildman–Crippen MR) is 85.8 cm³/mol. The van der Waals surface area contributed by atoms with Gasteiger partial charge < -0.3 is 4.74 Å². The summed E-state index contributed by atoms with van der Waals surface area (Å²) in [6.45, 7) is 0.812. The molecule has 0 radical (unpaired) electrons. The minimum Gasteiger partial charge on any atom is -0.374 e. The van der Waals surface area contributed by atoms with Crippen LogP contribution in [0.1, 0.15) is 32.1 Å². The van der Waals surface area contributed by atoms with Crippen LogP contribution in [0.25, 0.3) is 0 Å². The van der Waals surface area contributed by atoms with Crippen molar-refractivity contribution >= 4 is 21.6 Å². The fourth-order valence-electron chi connectivity index (χ4n) is 4.09. The maximum absolute atomic E-state index is 11.6. The van der Waals surface area contributed by atoms with Crippen molar-refractivity contribution in [1.82, 2.24) is 5.43 Å². The Balaban J connectivity index is 1.60. The number of nitrogens with one attached hydrogen (secondary N) is 1. The quantitative estimate of drug-likeness (QED) is 0.588. The number of sulfone groups is 1. The van der Waals surface area contributed by atoms with Crippen molar-refractivity contribution in [2.24, 2.45) is 17.7 Å². The van der Waals surface area contributed by atoms with E-state index in [4.69, 9.17) is 10.6 Å². The number of hydrogen-bond donors (Lipinski definition) is 2. The first-order chi connectivity index (χ1) is 10.0. The molecule has 3 aliphatic heterocycles. The number of rotatable bonds is 4. The lowest BCUT2D eigenvalue weighted by molar-refractivity contribution is -0.0861. The van der Waals surface area contributed by atoms with Gasteiger partial charge in [0, 0.05) is 18.4 Å². The number of hydrogen-bond acceptors (Lipinski definition) is 6. The Morgan fingerprint density at radius 1 is 1.43 bits per heavy atom. The lowest BCUT2D eigenvalue weighted by atomic mass is 9.78. The lowest BCUT2D eigenvalue weighted by Crippen LogP contribution is -2.49. The summed E-state index contributed by atoms with van der Waals surface area (Å²) in [6.07, 6.45) is 4.91. The van der Waals surface area contributed by atoms with Crippen LogP contribution >= 0.6 is 11.8 Å². The molecule has 0 bridgehead atoms. The molecule has 3 fully saturated rings. The normalized spacial score (nSPS) is 40.6. The smallest absolute Gasteiger partial charge is 0.150 e. The molecule has 0 aromatic carbocycles. The van der Waals surface area contributed by atoms with Gasteiger partial charge in [-0.25, -0.2) is 8.42 Å². The molecule has 3 N–H and O–H groups in total. The Morgan fingerprint density at radius 2 is 2.29 bits per heavy atom. The Kier molecular flexibility index (Phi) is 4.86. The zero-order valence-electron chi connectivity index (χ0n) is 12.4. The minimum atomic E-state index is -2.80. The second-order valence-electron chi connectivity index (χ2n) is 6.86. The van der Waals surface area contributed by atoms with Gasteiger partial charge in [-0.1, -0.05) is 0 Å². The van der Waals surface area contributed by atoms with E-state index in [1.807, 2.05) is 11.8 Å². The highest BCUT2D eigenvalue weighted by Gasteiger charge is 2.43. The number of thioether (sulfide) groups is 1. The number of nitrogens with two attached hydrogens (primary N) is 1.